The van der Waals surface area contributed by atoms with Crippen molar-refractivity contribution in [3.8, 4) is 5.69 Å². The van der Waals surface area contributed by atoms with Crippen molar-refractivity contribution in [1.29, 1.82) is 0 Å². The van der Waals surface area contributed by atoms with Crippen LogP contribution in [0, 0.1) is 15.9 Å². The molecular formula is C11H12FN5O2. The summed E-state index contributed by atoms with van der Waals surface area (Å²) < 4.78 is 15.0. The van der Waals surface area contributed by atoms with Gasteiger partial charge in [0.05, 0.1) is 22.9 Å². The third-order valence-corrected chi connectivity index (χ3v) is 2.57. The molecule has 0 fully saturated rings. The first kappa shape index (κ1) is 13.1. The average Bonchev–Trinajstić information content (AvgIpc) is 2.84. The molecule has 2 aromatic rings. The van der Waals surface area contributed by atoms with Gasteiger partial charge in [-0.1, -0.05) is 5.21 Å². The Balaban J connectivity index is 2.26. The molecule has 1 aromatic heterocycles. The minimum Gasteiger partial charge on any atom is -0.330 e. The van der Waals surface area contributed by atoms with E-state index in [2.05, 4.69) is 10.3 Å². The molecule has 2 N–H and O–H groups in total. The van der Waals surface area contributed by atoms with Crippen LogP contribution in [-0.2, 0) is 6.42 Å². The Labute approximate surface area is 108 Å². The fourth-order valence-corrected chi connectivity index (χ4v) is 1.61. The van der Waals surface area contributed by atoms with Crippen molar-refractivity contribution in [2.24, 2.45) is 5.73 Å². The molecule has 0 bridgehead atoms. The summed E-state index contributed by atoms with van der Waals surface area (Å²) in [6.07, 6.45) is 3.01. The highest BCUT2D eigenvalue weighted by Crippen LogP contribution is 2.19. The van der Waals surface area contributed by atoms with Gasteiger partial charge in [-0.25, -0.2) is 9.07 Å². The summed E-state index contributed by atoms with van der Waals surface area (Å²) in [6.45, 7) is 0.540. The van der Waals surface area contributed by atoms with Gasteiger partial charge in [0.1, 0.15) is 5.69 Å². The highest BCUT2D eigenvalue weighted by atomic mass is 19.1. The lowest BCUT2D eigenvalue weighted by Crippen LogP contribution is -2.00. The quantitative estimate of drug-likeness (QED) is 0.646. The summed E-state index contributed by atoms with van der Waals surface area (Å²) in [5, 5.41) is 18.2. The van der Waals surface area contributed by atoms with Crippen molar-refractivity contribution in [3.05, 3.63) is 46.0 Å². The van der Waals surface area contributed by atoms with Gasteiger partial charge >= 0.3 is 0 Å². The van der Waals surface area contributed by atoms with Crippen LogP contribution in [-0.4, -0.2) is 26.5 Å². The van der Waals surface area contributed by atoms with Gasteiger partial charge in [0.25, 0.3) is 5.69 Å². The number of benzene rings is 1. The lowest BCUT2D eigenvalue weighted by molar-refractivity contribution is -0.385. The van der Waals surface area contributed by atoms with Crippen LogP contribution in [0.15, 0.2) is 24.4 Å². The molecule has 0 saturated carbocycles. The van der Waals surface area contributed by atoms with E-state index in [0.717, 1.165) is 12.5 Å². The first-order valence-corrected chi connectivity index (χ1v) is 5.67. The normalized spacial score (nSPS) is 10.6. The number of aromatic nitrogens is 3. The van der Waals surface area contributed by atoms with Gasteiger partial charge in [-0.05, 0) is 25.5 Å². The van der Waals surface area contributed by atoms with Crippen LogP contribution in [0.25, 0.3) is 5.69 Å². The van der Waals surface area contributed by atoms with E-state index < -0.39 is 10.7 Å². The van der Waals surface area contributed by atoms with Crippen molar-refractivity contribution < 1.29 is 9.31 Å². The first-order valence-electron chi connectivity index (χ1n) is 5.67. The molecule has 100 valence electrons. The summed E-state index contributed by atoms with van der Waals surface area (Å²) >= 11 is 0. The van der Waals surface area contributed by atoms with Crippen LogP contribution >= 0.6 is 0 Å². The summed E-state index contributed by atoms with van der Waals surface area (Å²) in [6, 6.07) is 3.38. The number of nitrogens with two attached hydrogens (primary N) is 1. The molecule has 0 unspecified atom stereocenters. The van der Waals surface area contributed by atoms with E-state index in [1.54, 1.807) is 6.20 Å². The molecule has 2 rings (SSSR count). The van der Waals surface area contributed by atoms with Crippen molar-refractivity contribution in [1.82, 2.24) is 15.0 Å². The zero-order chi connectivity index (χ0) is 13.8. The van der Waals surface area contributed by atoms with E-state index >= 15 is 0 Å². The zero-order valence-corrected chi connectivity index (χ0v) is 9.99. The third-order valence-electron chi connectivity index (χ3n) is 2.57. The molecule has 0 radical (unpaired) electrons. The van der Waals surface area contributed by atoms with Crippen molar-refractivity contribution in [3.63, 3.8) is 0 Å². The van der Waals surface area contributed by atoms with Crippen molar-refractivity contribution >= 4 is 5.69 Å². The largest absolute Gasteiger partial charge is 0.330 e. The molecule has 0 atom stereocenters. The Kier molecular flexibility index (Phi) is 3.81. The van der Waals surface area contributed by atoms with Gasteiger partial charge in [-0.15, -0.1) is 5.10 Å². The molecule has 0 amide bonds. The molecule has 1 aromatic carbocycles. The van der Waals surface area contributed by atoms with Gasteiger partial charge in [0, 0.05) is 6.07 Å². The highest BCUT2D eigenvalue weighted by molar-refractivity contribution is 5.41. The number of non-ortho nitro benzene ring substituents is 1. The van der Waals surface area contributed by atoms with Gasteiger partial charge in [0.15, 0.2) is 5.82 Å². The molecule has 19 heavy (non-hydrogen) atoms. The fraction of sp³-hybridized carbons (Fsp3) is 0.273. The van der Waals surface area contributed by atoms with Crippen LogP contribution < -0.4 is 5.73 Å². The van der Waals surface area contributed by atoms with Crippen LogP contribution in [0.3, 0.4) is 0 Å². The minimum absolute atomic E-state index is 0.122. The molecular weight excluding hydrogens is 253 g/mol. The molecule has 0 spiro atoms. The second kappa shape index (κ2) is 5.53. The Morgan fingerprint density at radius 3 is 2.89 bits per heavy atom. The number of hydrogen-bond acceptors (Lipinski definition) is 5. The second-order valence-corrected chi connectivity index (χ2v) is 3.94. The van der Waals surface area contributed by atoms with Crippen molar-refractivity contribution in [2.45, 2.75) is 12.8 Å². The molecule has 0 aliphatic carbocycles. The van der Waals surface area contributed by atoms with E-state index in [1.807, 2.05) is 0 Å². The fourth-order valence-electron chi connectivity index (χ4n) is 1.61. The van der Waals surface area contributed by atoms with Crippen LogP contribution in [0.5, 0.6) is 0 Å². The minimum atomic E-state index is -0.718. The number of nitro groups is 1. The zero-order valence-electron chi connectivity index (χ0n) is 9.99. The van der Waals surface area contributed by atoms with Crippen molar-refractivity contribution in [2.75, 3.05) is 6.54 Å². The van der Waals surface area contributed by atoms with Gasteiger partial charge in [-0.3, -0.25) is 10.1 Å². The third kappa shape index (κ3) is 2.91. The molecule has 0 saturated heterocycles. The maximum absolute atomic E-state index is 13.7. The number of aryl methyl sites for hydroxylation is 1. The maximum atomic E-state index is 13.7. The Morgan fingerprint density at radius 2 is 2.26 bits per heavy atom. The summed E-state index contributed by atoms with van der Waals surface area (Å²) in [5.74, 6) is -0.718. The summed E-state index contributed by atoms with van der Waals surface area (Å²) in [4.78, 5) is 9.86. The Bertz CT molecular complexity index is 599. The number of nitro benzene ring substituents is 1. The van der Waals surface area contributed by atoms with Gasteiger partial charge in [0.2, 0.25) is 0 Å². The molecule has 0 aliphatic rings. The predicted octanol–water partition coefficient (Wildman–Crippen LogP) is 1.21. The van der Waals surface area contributed by atoms with E-state index in [4.69, 9.17) is 5.73 Å². The SMILES string of the molecule is NCCCc1cn(-c2ccc([N+](=O)[O-])cc2F)nn1. The van der Waals surface area contributed by atoms with E-state index in [9.17, 15) is 14.5 Å². The summed E-state index contributed by atoms with van der Waals surface area (Å²) in [5.41, 5.74) is 5.90. The number of rotatable bonds is 5. The molecule has 8 heteroatoms. The highest BCUT2D eigenvalue weighted by Gasteiger charge is 2.13. The van der Waals surface area contributed by atoms with Gasteiger partial charge < -0.3 is 5.73 Å². The second-order valence-electron chi connectivity index (χ2n) is 3.94. The number of nitrogens with zero attached hydrogens (tertiary/aromatic N) is 4. The van der Waals surface area contributed by atoms with Crippen LogP contribution in [0.4, 0.5) is 10.1 Å². The Morgan fingerprint density at radius 1 is 1.47 bits per heavy atom. The molecule has 0 aliphatic heterocycles. The monoisotopic (exact) mass is 265 g/mol. The smallest absolute Gasteiger partial charge is 0.272 e. The van der Waals surface area contributed by atoms with Gasteiger partial charge in [-0.2, -0.15) is 0 Å². The maximum Gasteiger partial charge on any atom is 0.272 e. The van der Waals surface area contributed by atoms with E-state index in [0.29, 0.717) is 18.7 Å². The predicted molar refractivity (Wildman–Crippen MR) is 65.3 cm³/mol. The lowest BCUT2D eigenvalue weighted by Gasteiger charge is -2.01. The number of hydrogen-bond donors (Lipinski definition) is 1. The van der Waals surface area contributed by atoms with Crippen LogP contribution in [0.2, 0.25) is 0 Å². The first-order chi connectivity index (χ1) is 9.11. The van der Waals surface area contributed by atoms with E-state index in [1.165, 1.54) is 16.8 Å². The molecule has 7 nitrogen and oxygen atoms in total. The standard InChI is InChI=1S/C11H12FN5O2/c12-10-6-9(17(18)19)3-4-11(10)16-7-8(14-15-16)2-1-5-13/h3-4,6-7H,1-2,5,13H2. The van der Waals surface area contributed by atoms with Crippen LogP contribution in [0.1, 0.15) is 12.1 Å². The average molecular weight is 265 g/mol. The van der Waals surface area contributed by atoms with E-state index in [-0.39, 0.29) is 11.4 Å². The number of halogens is 1. The summed E-state index contributed by atoms with van der Waals surface area (Å²) in [7, 11) is 0. The topological polar surface area (TPSA) is 99.9 Å². The lowest BCUT2D eigenvalue weighted by atomic mass is 10.2. The molecule has 1 heterocycles. The Hall–Kier alpha value is -2.35.